The van der Waals surface area contributed by atoms with Crippen LogP contribution in [0.5, 0.6) is 0 Å². The molecule has 0 spiro atoms. The van der Waals surface area contributed by atoms with Gasteiger partial charge < -0.3 is 14.8 Å². The predicted molar refractivity (Wildman–Crippen MR) is 95.0 cm³/mol. The van der Waals surface area contributed by atoms with Crippen molar-refractivity contribution < 1.29 is 13.6 Å². The summed E-state index contributed by atoms with van der Waals surface area (Å²) in [7, 11) is 0. The molecule has 0 radical (unpaired) electrons. The van der Waals surface area contributed by atoms with E-state index in [2.05, 4.69) is 10.3 Å². The number of piperidine rings is 1. The van der Waals surface area contributed by atoms with Crippen molar-refractivity contribution >= 4 is 6.03 Å². The van der Waals surface area contributed by atoms with Crippen LogP contribution in [0.2, 0.25) is 0 Å². The quantitative estimate of drug-likeness (QED) is 0.880. The van der Waals surface area contributed by atoms with E-state index in [9.17, 15) is 13.6 Å². The molecule has 1 aromatic heterocycles. The zero-order chi connectivity index (χ0) is 18.6. The summed E-state index contributed by atoms with van der Waals surface area (Å²) in [6.45, 7) is 2.82. The first-order valence-corrected chi connectivity index (χ1v) is 8.90. The number of alkyl halides is 2. The van der Waals surface area contributed by atoms with Gasteiger partial charge in [0.25, 0.3) is 5.92 Å². The molecule has 2 amide bonds. The van der Waals surface area contributed by atoms with Gasteiger partial charge in [-0.15, -0.1) is 0 Å². The number of carbonyl (C=O) groups excluding carboxylic acids is 1. The van der Waals surface area contributed by atoms with Crippen molar-refractivity contribution in [1.82, 2.24) is 19.8 Å². The molecule has 3 rings (SSSR count). The van der Waals surface area contributed by atoms with Gasteiger partial charge in [-0.1, -0.05) is 30.3 Å². The average molecular weight is 362 g/mol. The lowest BCUT2D eigenvalue weighted by molar-refractivity contribution is -0.0471. The van der Waals surface area contributed by atoms with Crippen LogP contribution in [0.25, 0.3) is 0 Å². The van der Waals surface area contributed by atoms with Gasteiger partial charge in [0, 0.05) is 44.9 Å². The van der Waals surface area contributed by atoms with E-state index in [1.54, 1.807) is 6.20 Å². The minimum absolute atomic E-state index is 0.0843. The van der Waals surface area contributed by atoms with Crippen molar-refractivity contribution in [1.29, 1.82) is 0 Å². The molecule has 2 heterocycles. The van der Waals surface area contributed by atoms with Gasteiger partial charge in [0.2, 0.25) is 0 Å². The van der Waals surface area contributed by atoms with Gasteiger partial charge in [-0.3, -0.25) is 0 Å². The highest BCUT2D eigenvalue weighted by atomic mass is 19.3. The second kappa shape index (κ2) is 7.85. The SMILES string of the molecule is Cc1nccn1CCC(NC(=O)N1CCC(F)(F)CC1)c1ccccc1. The number of halogens is 2. The Labute approximate surface area is 152 Å². The van der Waals surface area contributed by atoms with Crippen molar-refractivity contribution in [3.8, 4) is 0 Å². The third kappa shape index (κ3) is 4.59. The van der Waals surface area contributed by atoms with Gasteiger partial charge >= 0.3 is 6.03 Å². The number of likely N-dealkylation sites (tertiary alicyclic amines) is 1. The third-order valence-corrected chi connectivity index (χ3v) is 4.86. The number of nitrogens with zero attached hydrogens (tertiary/aromatic N) is 3. The smallest absolute Gasteiger partial charge is 0.317 e. The Hall–Kier alpha value is -2.44. The maximum absolute atomic E-state index is 13.3. The second-order valence-corrected chi connectivity index (χ2v) is 6.71. The Balaban J connectivity index is 1.65. The molecule has 1 N–H and O–H groups in total. The summed E-state index contributed by atoms with van der Waals surface area (Å²) in [5, 5.41) is 3.02. The molecular formula is C19H24F2N4O. The average Bonchev–Trinajstić information content (AvgIpc) is 3.04. The second-order valence-electron chi connectivity index (χ2n) is 6.71. The predicted octanol–water partition coefficient (Wildman–Crippen LogP) is 3.76. The molecule has 1 aliphatic rings. The first-order chi connectivity index (χ1) is 12.4. The largest absolute Gasteiger partial charge is 0.335 e. The molecule has 26 heavy (non-hydrogen) atoms. The number of benzene rings is 1. The molecular weight excluding hydrogens is 338 g/mol. The lowest BCUT2D eigenvalue weighted by atomic mass is 10.0. The van der Waals surface area contributed by atoms with Crippen LogP contribution in [-0.4, -0.2) is 39.5 Å². The normalized spacial score (nSPS) is 17.7. The van der Waals surface area contributed by atoms with Crippen LogP contribution in [-0.2, 0) is 6.54 Å². The van der Waals surface area contributed by atoms with Crippen molar-refractivity contribution in [3.63, 3.8) is 0 Å². The van der Waals surface area contributed by atoms with Crippen LogP contribution >= 0.6 is 0 Å². The fourth-order valence-corrected chi connectivity index (χ4v) is 3.19. The van der Waals surface area contributed by atoms with Crippen LogP contribution in [0.4, 0.5) is 13.6 Å². The number of carbonyl (C=O) groups is 1. The number of hydrogen-bond acceptors (Lipinski definition) is 2. The van der Waals surface area contributed by atoms with Crippen LogP contribution in [0.15, 0.2) is 42.7 Å². The minimum Gasteiger partial charge on any atom is -0.335 e. The van der Waals surface area contributed by atoms with Gasteiger partial charge in [0.15, 0.2) is 0 Å². The van der Waals surface area contributed by atoms with E-state index in [0.29, 0.717) is 13.0 Å². The molecule has 2 aromatic rings. The van der Waals surface area contributed by atoms with E-state index < -0.39 is 5.92 Å². The summed E-state index contributed by atoms with van der Waals surface area (Å²) in [4.78, 5) is 18.3. The van der Waals surface area contributed by atoms with E-state index >= 15 is 0 Å². The molecule has 1 saturated heterocycles. The number of rotatable bonds is 5. The first-order valence-electron chi connectivity index (χ1n) is 8.90. The van der Waals surface area contributed by atoms with Crippen LogP contribution in [0.3, 0.4) is 0 Å². The molecule has 1 aromatic carbocycles. The number of nitrogens with one attached hydrogen (secondary N) is 1. The lowest BCUT2D eigenvalue weighted by Gasteiger charge is -2.33. The number of imidazole rings is 1. The number of urea groups is 1. The molecule has 140 valence electrons. The Morgan fingerprint density at radius 1 is 1.27 bits per heavy atom. The molecule has 1 atom stereocenters. The van der Waals surface area contributed by atoms with E-state index in [4.69, 9.17) is 0 Å². The van der Waals surface area contributed by atoms with Crippen LogP contribution in [0, 0.1) is 6.92 Å². The zero-order valence-corrected chi connectivity index (χ0v) is 14.9. The molecule has 1 aliphatic heterocycles. The van der Waals surface area contributed by atoms with Gasteiger partial charge in [0.1, 0.15) is 5.82 Å². The van der Waals surface area contributed by atoms with Gasteiger partial charge in [0.05, 0.1) is 6.04 Å². The highest BCUT2D eigenvalue weighted by molar-refractivity contribution is 5.74. The Kier molecular flexibility index (Phi) is 5.54. The third-order valence-electron chi connectivity index (χ3n) is 4.86. The number of aromatic nitrogens is 2. The molecule has 0 bridgehead atoms. The molecule has 1 unspecified atom stereocenters. The fourth-order valence-electron chi connectivity index (χ4n) is 3.19. The maximum atomic E-state index is 13.3. The Bertz CT molecular complexity index is 722. The van der Waals surface area contributed by atoms with E-state index in [1.165, 1.54) is 4.90 Å². The Morgan fingerprint density at radius 2 is 1.96 bits per heavy atom. The number of hydrogen-bond donors (Lipinski definition) is 1. The standard InChI is InChI=1S/C19H24F2N4O/c1-15-22-10-14-24(15)11-7-17(16-5-3-2-4-6-16)23-18(26)25-12-8-19(20,21)9-13-25/h2-6,10,14,17H,7-9,11-13H2,1H3,(H,23,26). The summed E-state index contributed by atoms with van der Waals surface area (Å²) in [6.07, 6.45) is 3.80. The van der Waals surface area contributed by atoms with Crippen LogP contribution in [0.1, 0.15) is 36.7 Å². The maximum Gasteiger partial charge on any atom is 0.317 e. The van der Waals surface area contributed by atoms with Crippen LogP contribution < -0.4 is 5.32 Å². The Morgan fingerprint density at radius 3 is 2.58 bits per heavy atom. The fraction of sp³-hybridized carbons (Fsp3) is 0.474. The van der Waals surface area contributed by atoms with E-state index in [-0.39, 0.29) is 38.0 Å². The van der Waals surface area contributed by atoms with Crippen molar-refractivity contribution in [2.45, 2.75) is 44.7 Å². The minimum atomic E-state index is -2.66. The monoisotopic (exact) mass is 362 g/mol. The van der Waals surface area contributed by atoms with Gasteiger partial charge in [-0.25, -0.2) is 18.6 Å². The molecule has 5 nitrogen and oxygen atoms in total. The zero-order valence-electron chi connectivity index (χ0n) is 14.9. The molecule has 7 heteroatoms. The molecule has 0 aliphatic carbocycles. The van der Waals surface area contributed by atoms with Gasteiger partial charge in [-0.2, -0.15) is 0 Å². The summed E-state index contributed by atoms with van der Waals surface area (Å²) >= 11 is 0. The molecule has 0 saturated carbocycles. The van der Waals surface area contributed by atoms with Crippen molar-refractivity contribution in [3.05, 3.63) is 54.1 Å². The number of amides is 2. The summed E-state index contributed by atoms with van der Waals surface area (Å²) < 4.78 is 28.7. The van der Waals surface area contributed by atoms with E-state index in [1.807, 2.05) is 48.0 Å². The molecule has 1 fully saturated rings. The van der Waals surface area contributed by atoms with Crippen molar-refractivity contribution in [2.75, 3.05) is 13.1 Å². The highest BCUT2D eigenvalue weighted by Gasteiger charge is 2.36. The first kappa shape index (κ1) is 18.4. The number of aryl methyl sites for hydroxylation is 2. The van der Waals surface area contributed by atoms with Gasteiger partial charge in [-0.05, 0) is 18.9 Å². The topological polar surface area (TPSA) is 50.2 Å². The van der Waals surface area contributed by atoms with E-state index in [0.717, 1.165) is 11.4 Å². The van der Waals surface area contributed by atoms with Crippen molar-refractivity contribution in [2.24, 2.45) is 0 Å². The lowest BCUT2D eigenvalue weighted by Crippen LogP contribution is -2.48. The summed E-state index contributed by atoms with van der Waals surface area (Å²) in [6, 6.07) is 9.25. The summed E-state index contributed by atoms with van der Waals surface area (Å²) in [5.74, 6) is -1.74. The summed E-state index contributed by atoms with van der Waals surface area (Å²) in [5.41, 5.74) is 1.00. The highest BCUT2D eigenvalue weighted by Crippen LogP contribution is 2.28.